The number of anilines is 1. The summed E-state index contributed by atoms with van der Waals surface area (Å²) in [4.78, 5) is 37.9. The summed E-state index contributed by atoms with van der Waals surface area (Å²) in [6.45, 7) is 0.292. The topological polar surface area (TPSA) is 66.5 Å². The molecule has 2 aliphatic rings. The van der Waals surface area contributed by atoms with Crippen LogP contribution in [0.5, 0.6) is 0 Å². The molecule has 3 rings (SSSR count). The smallest absolute Gasteiger partial charge is 0.233 e. The molecule has 1 N–H and O–H groups in total. The fourth-order valence-electron chi connectivity index (χ4n) is 3.26. The highest BCUT2D eigenvalue weighted by molar-refractivity contribution is 6.33. The molecule has 0 spiro atoms. The third-order valence-electron chi connectivity index (χ3n) is 4.53. The van der Waals surface area contributed by atoms with E-state index in [1.54, 1.807) is 24.3 Å². The van der Waals surface area contributed by atoms with E-state index in [1.165, 1.54) is 4.90 Å². The number of amides is 3. The van der Waals surface area contributed by atoms with Gasteiger partial charge in [0.1, 0.15) is 0 Å². The average molecular weight is 347 g/mol. The number of carbonyl (C=O) groups is 3. The van der Waals surface area contributed by atoms with Crippen LogP contribution in [-0.4, -0.2) is 29.2 Å². The first-order chi connectivity index (χ1) is 11.6. The van der Waals surface area contributed by atoms with Gasteiger partial charge in [0, 0.05) is 13.0 Å². The monoisotopic (exact) mass is 346 g/mol. The molecule has 2 atom stereocenters. The minimum absolute atomic E-state index is 0.0964. The maximum atomic E-state index is 12.3. The Morgan fingerprint density at radius 1 is 1.12 bits per heavy atom. The van der Waals surface area contributed by atoms with Crippen molar-refractivity contribution in [3.05, 3.63) is 41.4 Å². The van der Waals surface area contributed by atoms with Crippen LogP contribution >= 0.6 is 11.6 Å². The van der Waals surface area contributed by atoms with E-state index >= 15 is 0 Å². The maximum absolute atomic E-state index is 12.3. The molecule has 1 aromatic carbocycles. The highest BCUT2D eigenvalue weighted by Gasteiger charge is 2.46. The fourth-order valence-corrected chi connectivity index (χ4v) is 3.45. The van der Waals surface area contributed by atoms with Crippen molar-refractivity contribution in [2.45, 2.75) is 25.7 Å². The largest absolute Gasteiger partial charge is 0.325 e. The van der Waals surface area contributed by atoms with E-state index in [9.17, 15) is 14.4 Å². The number of hydrogen-bond acceptors (Lipinski definition) is 3. The van der Waals surface area contributed by atoms with Crippen LogP contribution in [0, 0.1) is 11.8 Å². The Morgan fingerprint density at radius 2 is 1.75 bits per heavy atom. The van der Waals surface area contributed by atoms with Gasteiger partial charge in [-0.1, -0.05) is 35.9 Å². The van der Waals surface area contributed by atoms with Crippen molar-refractivity contribution >= 4 is 35.0 Å². The summed E-state index contributed by atoms with van der Waals surface area (Å²) >= 11 is 6.00. The Kier molecular flexibility index (Phi) is 5.00. The lowest BCUT2D eigenvalue weighted by Gasteiger charge is -2.14. The molecule has 0 bridgehead atoms. The second-order valence-electron chi connectivity index (χ2n) is 6.12. The van der Waals surface area contributed by atoms with Gasteiger partial charge in [0.05, 0.1) is 22.5 Å². The number of nitrogens with zero attached hydrogens (tertiary/aromatic N) is 1. The number of halogens is 1. The molecule has 1 fully saturated rings. The summed E-state index contributed by atoms with van der Waals surface area (Å²) in [6.07, 6.45) is 5.88. The van der Waals surface area contributed by atoms with E-state index in [0.29, 0.717) is 36.5 Å². The van der Waals surface area contributed by atoms with E-state index in [-0.39, 0.29) is 36.0 Å². The lowest BCUT2D eigenvalue weighted by molar-refractivity contribution is -0.140. The third-order valence-corrected chi connectivity index (χ3v) is 4.86. The second kappa shape index (κ2) is 7.18. The molecule has 0 aromatic heterocycles. The number of fused-ring (bicyclic) bond motifs is 1. The van der Waals surface area contributed by atoms with Crippen molar-refractivity contribution in [1.29, 1.82) is 0 Å². The van der Waals surface area contributed by atoms with Gasteiger partial charge in [0.2, 0.25) is 17.7 Å². The molecule has 126 valence electrons. The fraction of sp³-hybridized carbons (Fsp3) is 0.389. The summed E-state index contributed by atoms with van der Waals surface area (Å²) in [5.41, 5.74) is 0.564. The van der Waals surface area contributed by atoms with Crippen LogP contribution in [0.15, 0.2) is 36.4 Å². The van der Waals surface area contributed by atoms with E-state index in [4.69, 9.17) is 11.6 Å². The normalized spacial score (nSPS) is 22.6. The molecule has 0 saturated carbocycles. The highest BCUT2D eigenvalue weighted by Crippen LogP contribution is 2.35. The van der Waals surface area contributed by atoms with Gasteiger partial charge in [-0.25, -0.2) is 0 Å². The number of benzene rings is 1. The molecule has 3 amide bonds. The second-order valence-corrected chi connectivity index (χ2v) is 6.52. The van der Waals surface area contributed by atoms with Crippen LogP contribution in [0.3, 0.4) is 0 Å². The van der Waals surface area contributed by atoms with Crippen molar-refractivity contribution in [3.63, 3.8) is 0 Å². The SMILES string of the molecule is O=C(CCCN1C(=O)[C@H]2CC=CC[C@@H]2C1=O)Nc1ccccc1Cl. The number of carbonyl (C=O) groups excluding carboxylic acids is 3. The summed E-state index contributed by atoms with van der Waals surface area (Å²) in [7, 11) is 0. The van der Waals surface area contributed by atoms with Crippen molar-refractivity contribution < 1.29 is 14.4 Å². The Hall–Kier alpha value is -2.14. The molecule has 1 aromatic rings. The average Bonchev–Trinajstić information content (AvgIpc) is 2.82. The first-order valence-electron chi connectivity index (χ1n) is 8.12. The highest BCUT2D eigenvalue weighted by atomic mass is 35.5. The van der Waals surface area contributed by atoms with Crippen molar-refractivity contribution in [2.75, 3.05) is 11.9 Å². The quantitative estimate of drug-likeness (QED) is 0.658. The first kappa shape index (κ1) is 16.7. The van der Waals surface area contributed by atoms with Crippen molar-refractivity contribution in [1.82, 2.24) is 4.90 Å². The molecule has 1 heterocycles. The van der Waals surface area contributed by atoms with Gasteiger partial charge in [-0.2, -0.15) is 0 Å². The molecule has 0 radical (unpaired) electrons. The Balaban J connectivity index is 1.50. The number of hydrogen-bond donors (Lipinski definition) is 1. The molecule has 6 heteroatoms. The summed E-state index contributed by atoms with van der Waals surface area (Å²) in [5.74, 6) is -0.790. The van der Waals surface area contributed by atoms with Gasteiger partial charge in [0.15, 0.2) is 0 Å². The Morgan fingerprint density at radius 3 is 2.38 bits per heavy atom. The zero-order chi connectivity index (χ0) is 17.1. The number of rotatable bonds is 5. The Bertz CT molecular complexity index is 675. The van der Waals surface area contributed by atoms with Crippen LogP contribution in [0.25, 0.3) is 0 Å². The van der Waals surface area contributed by atoms with Crippen molar-refractivity contribution in [2.24, 2.45) is 11.8 Å². The lowest BCUT2D eigenvalue weighted by Crippen LogP contribution is -2.32. The zero-order valence-electron chi connectivity index (χ0n) is 13.2. The molecular weight excluding hydrogens is 328 g/mol. The van der Waals surface area contributed by atoms with E-state index in [1.807, 2.05) is 12.2 Å². The first-order valence-corrected chi connectivity index (χ1v) is 8.50. The number of likely N-dealkylation sites (tertiary alicyclic amines) is 1. The van der Waals surface area contributed by atoms with Gasteiger partial charge < -0.3 is 5.32 Å². The molecular formula is C18H19ClN2O3. The molecule has 1 aliphatic heterocycles. The number of para-hydroxylation sites is 1. The van der Waals surface area contributed by atoms with E-state index in [2.05, 4.69) is 5.32 Å². The van der Waals surface area contributed by atoms with Gasteiger partial charge in [-0.05, 0) is 31.4 Å². The van der Waals surface area contributed by atoms with Crippen LogP contribution in [-0.2, 0) is 14.4 Å². The van der Waals surface area contributed by atoms with Crippen LogP contribution < -0.4 is 5.32 Å². The van der Waals surface area contributed by atoms with Crippen LogP contribution in [0.2, 0.25) is 5.02 Å². The van der Waals surface area contributed by atoms with Gasteiger partial charge in [-0.3, -0.25) is 19.3 Å². The third kappa shape index (κ3) is 3.36. The minimum atomic E-state index is -0.209. The standard InChI is InChI=1S/C18H19ClN2O3/c19-14-8-3-4-9-15(14)20-16(22)10-5-11-21-17(23)12-6-1-2-7-13(12)18(21)24/h1-4,8-9,12-13H,5-7,10-11H2,(H,20,22)/t12-,13-/m0/s1. The van der Waals surface area contributed by atoms with Gasteiger partial charge in [-0.15, -0.1) is 0 Å². The summed E-state index contributed by atoms with van der Waals surface area (Å²) in [6, 6.07) is 7.01. The van der Waals surface area contributed by atoms with Crippen LogP contribution in [0.1, 0.15) is 25.7 Å². The lowest BCUT2D eigenvalue weighted by atomic mass is 9.85. The molecule has 5 nitrogen and oxygen atoms in total. The predicted octanol–water partition coefficient (Wildman–Crippen LogP) is 3.01. The zero-order valence-corrected chi connectivity index (χ0v) is 14.0. The molecule has 1 saturated heterocycles. The maximum Gasteiger partial charge on any atom is 0.233 e. The molecule has 24 heavy (non-hydrogen) atoms. The Labute approximate surface area is 145 Å². The van der Waals surface area contributed by atoms with Gasteiger partial charge in [0.25, 0.3) is 0 Å². The van der Waals surface area contributed by atoms with E-state index in [0.717, 1.165) is 0 Å². The van der Waals surface area contributed by atoms with Gasteiger partial charge >= 0.3 is 0 Å². The molecule has 1 aliphatic carbocycles. The predicted molar refractivity (Wildman–Crippen MR) is 91.4 cm³/mol. The number of nitrogens with one attached hydrogen (secondary N) is 1. The van der Waals surface area contributed by atoms with Crippen molar-refractivity contribution in [3.8, 4) is 0 Å². The minimum Gasteiger partial charge on any atom is -0.325 e. The van der Waals surface area contributed by atoms with Crippen LogP contribution in [0.4, 0.5) is 5.69 Å². The van der Waals surface area contributed by atoms with E-state index < -0.39 is 0 Å². The molecule has 0 unspecified atom stereocenters. The number of imide groups is 1. The summed E-state index contributed by atoms with van der Waals surface area (Å²) in [5, 5.41) is 3.22. The number of allylic oxidation sites excluding steroid dienone is 2. The summed E-state index contributed by atoms with van der Waals surface area (Å²) < 4.78 is 0.